The van der Waals surface area contributed by atoms with Gasteiger partial charge >= 0.3 is 11.4 Å². The second-order valence-corrected chi connectivity index (χ2v) is 28.1. The number of nitro benzene ring substituents is 2. The number of benzene rings is 7. The Morgan fingerprint density at radius 3 is 1.66 bits per heavy atom. The van der Waals surface area contributed by atoms with Crippen LogP contribution in [-0.4, -0.2) is 122 Å². The number of halogens is 7. The second kappa shape index (κ2) is 41.5. The minimum absolute atomic E-state index is 0.0376. The van der Waals surface area contributed by atoms with Crippen LogP contribution in [0.5, 0.6) is 40.2 Å². The van der Waals surface area contributed by atoms with Gasteiger partial charge in [-0.1, -0.05) is 128 Å². The normalized spacial score (nSPS) is 12.6. The summed E-state index contributed by atoms with van der Waals surface area (Å²) < 4.78 is 66.4. The quantitative estimate of drug-likeness (QED) is 0.0149. The summed E-state index contributed by atoms with van der Waals surface area (Å²) >= 11 is 23.2. The number of aromatic hydroxyl groups is 1. The maximum absolute atomic E-state index is 13.9. The number of anilines is 3. The molecular formula is C83H78Br2Cl3F2N13O12. The van der Waals surface area contributed by atoms with Gasteiger partial charge in [0.25, 0.3) is 0 Å². The topological polar surface area (TPSA) is 312 Å². The molecule has 0 spiro atoms. The number of nitrogens with one attached hydrogen (secondary N) is 1. The molecule has 5 aliphatic rings. The molecule has 0 radical (unpaired) electrons. The van der Waals surface area contributed by atoms with E-state index in [0.717, 1.165) is 192 Å². The van der Waals surface area contributed by atoms with Gasteiger partial charge in [0.15, 0.2) is 0 Å². The summed E-state index contributed by atoms with van der Waals surface area (Å²) in [5.41, 5.74) is 16.0. The van der Waals surface area contributed by atoms with Gasteiger partial charge in [0, 0.05) is 137 Å². The van der Waals surface area contributed by atoms with E-state index in [0.29, 0.717) is 29.8 Å². The molecule has 0 amide bonds. The first-order chi connectivity index (χ1) is 55.9. The van der Waals surface area contributed by atoms with Gasteiger partial charge in [0.2, 0.25) is 28.1 Å². The number of para-hydroxylation sites is 3. The number of nitro groups is 2. The summed E-state index contributed by atoms with van der Waals surface area (Å²) in [6, 6.07) is 41.3. The van der Waals surface area contributed by atoms with E-state index in [-0.39, 0.29) is 39.4 Å². The van der Waals surface area contributed by atoms with Crippen molar-refractivity contribution in [3.05, 3.63) is 259 Å². The Morgan fingerprint density at radius 1 is 0.591 bits per heavy atom. The third-order valence-electron chi connectivity index (χ3n) is 17.9. The fraction of sp³-hybridized carbons (Fsp3) is 0.229. The molecule has 0 unspecified atom stereocenters. The number of aryl methyl sites for hydroxylation is 3. The molecule has 596 valence electrons. The standard InChI is InChI=1S/C22H18FN5O4.C15H12ClN3O.C12H13BrO.C11H11NO.C9H8O.C7H7FN2O3.C4H2Cl2N2.C3H7BrO/c1-31-20-10-15(23)18(28(29)30)11-17(20)26-22-24-7-6-16(25-22)14-12-27-8-3-9-32-19-5-2-4-13(14)21(19)27;16-15-17-6-5-12(18-15)11-9-19-7-2-8-20-13-4-1-3-10(11)14(13)19;13-8-3-9-14-12-7-2-5-10-4-1-6-11(10)12;1-3-9-5-7-12-6-2-8-13-10(4-1)11(9)12;10-9-6-2-4-7-3-1-5-8(7)9;1-13-7-2-4(8)6(10(11)12)3-5(7)9;5-3-1-2-7-4(6)8-3;4-2-1-3-5/h2,4-7,10-12H,3,8-9H2,1H3,(H,24,25,26);1,3-6,9H,2,7-8H2;1-2,4-5,7H,3,6,8-9H2;1,3-5,7H,2,6,8H2;1-4,6,10H,5H2;2-3H,9H2,1H3;1-2H;5H,1-3H2. The van der Waals surface area contributed by atoms with Crippen LogP contribution in [0.15, 0.2) is 189 Å². The zero-order valence-corrected chi connectivity index (χ0v) is 67.6. The number of methoxy groups -OCH3 is 2. The van der Waals surface area contributed by atoms with E-state index in [9.17, 15) is 34.1 Å². The first-order valence-corrected chi connectivity index (χ1v) is 39.6. The van der Waals surface area contributed by atoms with E-state index in [2.05, 4.69) is 153 Å². The van der Waals surface area contributed by atoms with Gasteiger partial charge in [-0.15, -0.1) is 0 Å². The molecule has 13 aromatic rings. The van der Waals surface area contributed by atoms with E-state index < -0.39 is 32.9 Å². The van der Waals surface area contributed by atoms with Crippen LogP contribution >= 0.6 is 66.7 Å². The van der Waals surface area contributed by atoms with Gasteiger partial charge in [-0.3, -0.25) is 20.2 Å². The number of nitrogens with zero attached hydrogens (tertiary/aromatic N) is 11. The van der Waals surface area contributed by atoms with E-state index >= 15 is 0 Å². The highest BCUT2D eigenvalue weighted by molar-refractivity contribution is 9.09. The molecule has 25 nitrogen and oxygen atoms in total. The van der Waals surface area contributed by atoms with Gasteiger partial charge in [0.1, 0.15) is 45.4 Å². The number of fused-ring (bicyclic) bond motifs is 2. The number of phenolic OH excluding ortho intramolecular Hbond substituents is 1. The molecule has 18 rings (SSSR count). The van der Waals surface area contributed by atoms with Gasteiger partial charge in [-0.2, -0.15) is 8.78 Å². The number of aromatic nitrogens is 9. The van der Waals surface area contributed by atoms with Crippen LogP contribution in [0.2, 0.25) is 15.7 Å². The summed E-state index contributed by atoms with van der Waals surface area (Å²) in [5.74, 6) is 2.70. The van der Waals surface area contributed by atoms with Crippen molar-refractivity contribution < 1.29 is 57.3 Å². The minimum atomic E-state index is -0.987. The number of rotatable bonds is 14. The van der Waals surface area contributed by atoms with Crippen LogP contribution < -0.4 is 39.5 Å². The molecule has 9 heterocycles. The van der Waals surface area contributed by atoms with E-state index in [1.807, 2.05) is 72.9 Å². The summed E-state index contributed by atoms with van der Waals surface area (Å²) in [4.78, 5) is 44.0. The fourth-order valence-electron chi connectivity index (χ4n) is 12.7. The molecular weight excluding hydrogens is 1680 g/mol. The predicted octanol–water partition coefficient (Wildman–Crippen LogP) is 19.9. The molecule has 32 heteroatoms. The number of nitrogen functional groups attached to an aromatic ring is 1. The highest BCUT2D eigenvalue weighted by Gasteiger charge is 2.24. The highest BCUT2D eigenvalue weighted by Crippen LogP contribution is 2.41. The van der Waals surface area contributed by atoms with Gasteiger partial charge in [-0.05, 0) is 134 Å². The van der Waals surface area contributed by atoms with Crippen molar-refractivity contribution in [1.29, 1.82) is 0 Å². The van der Waals surface area contributed by atoms with Crippen LogP contribution in [0, 0.1) is 31.9 Å². The van der Waals surface area contributed by atoms with Crippen molar-refractivity contribution in [2.24, 2.45) is 0 Å². The number of aliphatic hydroxyl groups is 1. The van der Waals surface area contributed by atoms with E-state index in [1.165, 1.54) is 42.4 Å². The predicted molar refractivity (Wildman–Crippen MR) is 452 cm³/mol. The lowest BCUT2D eigenvalue weighted by molar-refractivity contribution is -0.387. The van der Waals surface area contributed by atoms with Crippen LogP contribution in [0.4, 0.5) is 37.5 Å². The van der Waals surface area contributed by atoms with Crippen molar-refractivity contribution >= 4 is 140 Å². The summed E-state index contributed by atoms with van der Waals surface area (Å²) in [5, 5.41) is 47.7. The first-order valence-electron chi connectivity index (χ1n) is 36.2. The highest BCUT2D eigenvalue weighted by atomic mass is 79.9. The molecule has 0 saturated carbocycles. The van der Waals surface area contributed by atoms with Crippen LogP contribution in [0.1, 0.15) is 54.4 Å². The largest absolute Gasteiger partial charge is 0.508 e. The number of alkyl halides is 2. The maximum Gasteiger partial charge on any atom is 0.307 e. The number of aliphatic hydroxyl groups excluding tert-OH is 1. The zero-order valence-electron chi connectivity index (χ0n) is 62.2. The Kier molecular flexibility index (Phi) is 30.5. The maximum atomic E-state index is 13.9. The molecule has 0 bridgehead atoms. The second-order valence-electron chi connectivity index (χ2n) is 25.4. The van der Waals surface area contributed by atoms with E-state index in [4.69, 9.17) is 69.3 Å². The average Bonchev–Trinajstić information content (AvgIpc) is 1.62. The molecule has 0 saturated heterocycles. The summed E-state index contributed by atoms with van der Waals surface area (Å²) in [6.07, 6.45) is 26.3. The number of nitrogens with two attached hydrogens (primary N) is 1. The third kappa shape index (κ3) is 21.9. The molecule has 5 N–H and O–H groups in total. The molecule has 7 aromatic carbocycles. The van der Waals surface area contributed by atoms with Crippen molar-refractivity contribution in [3.8, 4) is 62.8 Å². The van der Waals surface area contributed by atoms with Crippen LogP contribution in [-0.2, 0) is 32.5 Å². The van der Waals surface area contributed by atoms with Crippen LogP contribution in [0.3, 0.4) is 0 Å². The van der Waals surface area contributed by atoms with Gasteiger partial charge < -0.3 is 63.4 Å². The van der Waals surface area contributed by atoms with E-state index in [1.54, 1.807) is 30.6 Å². The molecule has 0 fully saturated rings. The third-order valence-corrected chi connectivity index (χ3v) is 19.6. The Labute approximate surface area is 691 Å². The lowest BCUT2D eigenvalue weighted by Gasteiger charge is -2.11. The monoisotopic (exact) mass is 1750 g/mol. The lowest BCUT2D eigenvalue weighted by atomic mass is 10.1. The number of hydrogen-bond donors (Lipinski definition) is 4. The number of allylic oxidation sites excluding steroid dienone is 2. The smallest absolute Gasteiger partial charge is 0.307 e. The van der Waals surface area contributed by atoms with Gasteiger partial charge in [-0.25, -0.2) is 29.9 Å². The zero-order chi connectivity index (χ0) is 81.3. The van der Waals surface area contributed by atoms with Crippen LogP contribution in [0.25, 0.3) is 67.4 Å². The fourth-order valence-corrected chi connectivity index (χ4v) is 13.7. The Hall–Kier alpha value is -11.5. The van der Waals surface area contributed by atoms with Crippen molar-refractivity contribution in [1.82, 2.24) is 43.6 Å². The number of ether oxygens (including phenoxy) is 6. The Bertz CT molecular complexity index is 5600. The van der Waals surface area contributed by atoms with Gasteiger partial charge in [0.05, 0.1) is 89.8 Å². The number of hydrogen-bond acceptors (Lipinski definition) is 20. The average molecular weight is 1750 g/mol. The molecule has 115 heavy (non-hydrogen) atoms. The summed E-state index contributed by atoms with van der Waals surface area (Å²) in [7, 11) is 2.65. The number of phenols is 1. The first kappa shape index (κ1) is 84.4. The lowest BCUT2D eigenvalue weighted by Crippen LogP contribution is -2.02. The SMILES string of the molecule is BrCCCOc1cccc2c1CC=C2.COc1cc(F)c([N+](=O)[O-])cc1N.COc1cc(F)c([N+](=O)[O-])cc1Nc1nccc(-c2cn3c4c(cccc24)OCCC3)n1.Clc1ccnc(Cl)n1.Clc1nccc(-c2cn3c4c(cccc24)OCCC3)n1.OCCCBr.Oc1cccc2c1CC=C2.c1cc2c3c(c1)ccn3CCCO2. The molecule has 6 aromatic heterocycles. The Morgan fingerprint density at radius 2 is 1.11 bits per heavy atom. The van der Waals surface area contributed by atoms with Crippen molar-refractivity contribution in [3.63, 3.8) is 0 Å². The molecule has 3 aliphatic heterocycles. The van der Waals surface area contributed by atoms with Crippen molar-refractivity contribution in [2.75, 3.05) is 69.0 Å². The Balaban J connectivity index is 0.000000137. The molecule has 0 atom stereocenters. The minimum Gasteiger partial charge on any atom is -0.508 e. The molecule has 2 aliphatic carbocycles. The summed E-state index contributed by atoms with van der Waals surface area (Å²) in [6.45, 7) is 6.21. The van der Waals surface area contributed by atoms with Crippen molar-refractivity contribution in [2.45, 2.75) is 64.6 Å².